The number of phenolic OH excluding ortho intramolecular Hbond substituents is 2. The molecule has 410 valence electrons. The summed E-state index contributed by atoms with van der Waals surface area (Å²) in [5, 5.41) is 30.0. The van der Waals surface area contributed by atoms with Gasteiger partial charge in [0.1, 0.15) is 41.3 Å². The fourth-order valence-corrected chi connectivity index (χ4v) is 13.1. The van der Waals surface area contributed by atoms with Crippen LogP contribution in [0.4, 0.5) is 4.79 Å². The average Bonchev–Trinajstić information content (AvgIpc) is 3.78. The highest BCUT2D eigenvalue weighted by atomic mass is 16.6. The quantitative estimate of drug-likeness (QED) is 0.106. The van der Waals surface area contributed by atoms with Gasteiger partial charge in [0.25, 0.3) is 0 Å². The van der Waals surface area contributed by atoms with Crippen molar-refractivity contribution in [2.24, 2.45) is 16.6 Å². The van der Waals surface area contributed by atoms with Crippen LogP contribution in [0.25, 0.3) is 0 Å². The van der Waals surface area contributed by atoms with E-state index < -0.39 is 64.7 Å². The molecule has 0 bridgehead atoms. The molecule has 10 rings (SSSR count). The van der Waals surface area contributed by atoms with Crippen molar-refractivity contribution in [1.82, 2.24) is 30.7 Å². The zero-order chi connectivity index (χ0) is 55.5. The smallest absolute Gasteiger partial charge is 0.410 e. The van der Waals surface area contributed by atoms with E-state index in [0.29, 0.717) is 19.3 Å². The Kier molecular flexibility index (Phi) is 15.0. The number of hydrogen-bond acceptors (Lipinski definition) is 10. The molecule has 6 amide bonds. The van der Waals surface area contributed by atoms with E-state index in [1.807, 2.05) is 58.0 Å². The van der Waals surface area contributed by atoms with Gasteiger partial charge < -0.3 is 46.4 Å². The lowest BCUT2D eigenvalue weighted by atomic mass is 9.81. The summed E-state index contributed by atoms with van der Waals surface area (Å²) in [6.07, 6.45) is 6.76. The van der Waals surface area contributed by atoms with Gasteiger partial charge in [0, 0.05) is 13.5 Å². The first-order valence-corrected chi connectivity index (χ1v) is 27.4. The first-order chi connectivity index (χ1) is 36.3. The lowest BCUT2D eigenvalue weighted by Gasteiger charge is -2.36. The zero-order valence-corrected chi connectivity index (χ0v) is 46.0. The van der Waals surface area contributed by atoms with Gasteiger partial charge in [-0.25, -0.2) is 4.79 Å². The monoisotopic (exact) mass is 1050 g/mol. The molecule has 4 heterocycles. The Labute approximate surface area is 452 Å². The van der Waals surface area contributed by atoms with Crippen LogP contribution in [0.1, 0.15) is 163 Å². The number of likely N-dealkylation sites (N-methyl/N-ethyl adjacent to an activating group) is 1. The number of rotatable bonds is 7. The summed E-state index contributed by atoms with van der Waals surface area (Å²) in [7, 11) is 1.48. The molecule has 4 aromatic rings. The Hall–Kier alpha value is -6.94. The average molecular weight is 1050 g/mol. The lowest BCUT2D eigenvalue weighted by Crippen LogP contribution is -2.58. The Morgan fingerprint density at radius 3 is 1.58 bits per heavy atom. The minimum atomic E-state index is -0.986. The first-order valence-electron chi connectivity index (χ1n) is 27.4. The zero-order valence-electron chi connectivity index (χ0n) is 46.0. The molecule has 6 aliphatic rings. The van der Waals surface area contributed by atoms with Crippen LogP contribution in [0.2, 0.25) is 0 Å². The van der Waals surface area contributed by atoms with Crippen LogP contribution in [0.5, 0.6) is 11.5 Å². The molecule has 2 unspecified atom stereocenters. The van der Waals surface area contributed by atoms with Gasteiger partial charge in [-0.05, 0) is 165 Å². The highest BCUT2D eigenvalue weighted by Crippen LogP contribution is 2.52. The number of carbonyl (C=O) groups excluding carboxylic acids is 6. The van der Waals surface area contributed by atoms with E-state index in [9.17, 15) is 39.0 Å². The summed E-state index contributed by atoms with van der Waals surface area (Å²) in [5.74, 6) is -1.20. The molecule has 0 radical (unpaired) electrons. The number of phenols is 2. The fourth-order valence-electron chi connectivity index (χ4n) is 13.1. The number of nitrogens with one attached hydrogen (secondary N) is 3. The number of aryl methyl sites for hydroxylation is 2. The summed E-state index contributed by atoms with van der Waals surface area (Å²) in [6, 6.07) is 21.7. The Bertz CT molecular complexity index is 2970. The van der Waals surface area contributed by atoms with Gasteiger partial charge in [0.05, 0.1) is 30.2 Å². The molecule has 0 spiro atoms. The van der Waals surface area contributed by atoms with Gasteiger partial charge in [-0.3, -0.25) is 28.9 Å². The molecule has 4 aromatic carbocycles. The van der Waals surface area contributed by atoms with Gasteiger partial charge in [-0.2, -0.15) is 0 Å². The van der Waals surface area contributed by atoms with Crippen molar-refractivity contribution in [3.05, 3.63) is 129 Å². The SMILES string of the molecule is CC1(C)C[C@@H]2c3cc(O)ccc3C[C@H](N)C(=O)N2C1C(=O)N[C@@H]1CCCc2ccccc21.C[C@@H](C(=O)N[C@H]1Cc2ccc(O)cc2[C@H]2CC(C)(C)C(C(=O)N[C@@H]3CCCc4ccccc43)N2C1=O)N(C)C(=O)OC(C)(C)C. The normalized spacial score (nSPS) is 26.0. The van der Waals surface area contributed by atoms with Crippen molar-refractivity contribution < 1.29 is 43.7 Å². The summed E-state index contributed by atoms with van der Waals surface area (Å²) >= 11 is 0. The van der Waals surface area contributed by atoms with Crippen LogP contribution in [0, 0.1) is 10.8 Å². The second-order valence-electron chi connectivity index (χ2n) is 24.6. The second kappa shape index (κ2) is 21.1. The molecule has 2 saturated heterocycles. The topological polar surface area (TPSA) is 224 Å². The number of fused-ring (bicyclic) bond motifs is 8. The number of aromatic hydroxyl groups is 2. The van der Waals surface area contributed by atoms with Crippen molar-refractivity contribution in [3.63, 3.8) is 0 Å². The number of carbonyl (C=O) groups is 6. The van der Waals surface area contributed by atoms with E-state index in [0.717, 1.165) is 66.3 Å². The van der Waals surface area contributed by atoms with Crippen molar-refractivity contribution in [3.8, 4) is 11.5 Å². The van der Waals surface area contributed by atoms with Gasteiger partial charge in [-0.1, -0.05) is 88.4 Å². The second-order valence-corrected chi connectivity index (χ2v) is 24.6. The molecule has 2 aliphatic carbocycles. The van der Waals surface area contributed by atoms with Gasteiger partial charge in [0.15, 0.2) is 0 Å². The minimum Gasteiger partial charge on any atom is -0.508 e. The molecule has 0 aromatic heterocycles. The number of benzene rings is 4. The predicted octanol–water partition coefficient (Wildman–Crippen LogP) is 7.69. The number of hydrogen-bond donors (Lipinski definition) is 6. The van der Waals surface area contributed by atoms with Crippen molar-refractivity contribution in [2.45, 2.75) is 180 Å². The highest BCUT2D eigenvalue weighted by molar-refractivity contribution is 5.96. The van der Waals surface area contributed by atoms with Crippen molar-refractivity contribution >= 4 is 35.6 Å². The molecule has 9 atom stereocenters. The number of nitrogens with two attached hydrogens (primary N) is 1. The Morgan fingerprint density at radius 1 is 0.649 bits per heavy atom. The van der Waals surface area contributed by atoms with Gasteiger partial charge in [-0.15, -0.1) is 0 Å². The molecule has 2 fully saturated rings. The minimum absolute atomic E-state index is 0.0469. The van der Waals surface area contributed by atoms with E-state index in [1.54, 1.807) is 67.8 Å². The maximum atomic E-state index is 14.5. The molecule has 77 heavy (non-hydrogen) atoms. The van der Waals surface area contributed by atoms with Crippen LogP contribution in [-0.2, 0) is 54.4 Å². The first kappa shape index (κ1) is 54.8. The van der Waals surface area contributed by atoms with E-state index in [2.05, 4.69) is 40.2 Å². The third-order valence-electron chi connectivity index (χ3n) is 16.9. The third-order valence-corrected chi connectivity index (χ3v) is 16.9. The van der Waals surface area contributed by atoms with E-state index in [-0.39, 0.29) is 59.7 Å². The van der Waals surface area contributed by atoms with Gasteiger partial charge in [0.2, 0.25) is 29.5 Å². The van der Waals surface area contributed by atoms with Crippen LogP contribution < -0.4 is 21.7 Å². The predicted molar refractivity (Wildman–Crippen MR) is 291 cm³/mol. The van der Waals surface area contributed by atoms with Crippen molar-refractivity contribution in [2.75, 3.05) is 7.05 Å². The summed E-state index contributed by atoms with van der Waals surface area (Å²) in [6.45, 7) is 14.9. The van der Waals surface area contributed by atoms with Crippen molar-refractivity contribution in [1.29, 1.82) is 0 Å². The molecule has 4 aliphatic heterocycles. The molecule has 16 heteroatoms. The van der Waals surface area contributed by atoms with Crippen LogP contribution >= 0.6 is 0 Å². The van der Waals surface area contributed by atoms with Crippen LogP contribution in [0.3, 0.4) is 0 Å². The largest absolute Gasteiger partial charge is 0.508 e. The summed E-state index contributed by atoms with van der Waals surface area (Å²) in [4.78, 5) is 86.6. The van der Waals surface area contributed by atoms with E-state index >= 15 is 0 Å². The maximum Gasteiger partial charge on any atom is 0.410 e. The Morgan fingerprint density at radius 2 is 1.10 bits per heavy atom. The molecular formula is C61H77N7O9. The molecule has 16 nitrogen and oxygen atoms in total. The number of nitrogens with zero attached hydrogens (tertiary/aromatic N) is 3. The fraction of sp³-hybridized carbons (Fsp3) is 0.508. The highest BCUT2D eigenvalue weighted by Gasteiger charge is 2.57. The third kappa shape index (κ3) is 11.0. The van der Waals surface area contributed by atoms with E-state index in [4.69, 9.17) is 10.5 Å². The molecular weight excluding hydrogens is 975 g/mol. The number of ether oxygens (including phenoxy) is 1. The standard InChI is InChI=1S/C35H46N4O6.C26H31N3O3/c1-20(38(7)33(44)45-34(2,3)4)30(41)37-27-17-22-15-16-23(40)18-25(22)28-19-35(5,6)29(39(28)32(27)43)31(42)36-26-14-10-12-21-11-8-9-13-24(21)26;1-26(2)14-22-19-13-17(30)11-10-16(19)12-20(27)25(32)29(22)23(26)24(31)28-21-9-5-7-15-6-3-4-8-18(15)21/h8-9,11,13,15-16,18,20,26-29,40H,10,12,14,17,19H2,1-7H3,(H,36,42)(H,37,41);3-4,6,8,10-11,13,20-23,30H,5,7,9,12,14,27H2,1-2H3,(H,28,31)/t20-,26+,27-,28+,29?;20-,21+,22+,23?/m00/s1. The van der Waals surface area contributed by atoms with Crippen LogP contribution in [-0.4, -0.2) is 103 Å². The molecule has 7 N–H and O–H groups in total. The van der Waals surface area contributed by atoms with E-state index in [1.165, 1.54) is 28.6 Å². The summed E-state index contributed by atoms with van der Waals surface area (Å²) in [5.41, 5.74) is 12.8. The lowest BCUT2D eigenvalue weighted by molar-refractivity contribution is -0.145. The number of amides is 6. The van der Waals surface area contributed by atoms with Crippen LogP contribution in [0.15, 0.2) is 84.9 Å². The maximum absolute atomic E-state index is 14.5. The summed E-state index contributed by atoms with van der Waals surface area (Å²) < 4.78 is 5.43. The molecule has 0 saturated carbocycles. The Balaban J connectivity index is 0.000000198. The van der Waals surface area contributed by atoms with Gasteiger partial charge >= 0.3 is 6.09 Å².